The van der Waals surface area contributed by atoms with Gasteiger partial charge in [0.1, 0.15) is 0 Å². The van der Waals surface area contributed by atoms with Gasteiger partial charge in [0.2, 0.25) is 5.91 Å². The molecule has 2 aliphatic heterocycles. The molecule has 2 heterocycles. The van der Waals surface area contributed by atoms with Crippen molar-refractivity contribution in [3.8, 4) is 0 Å². The Kier molecular flexibility index (Phi) is 5.87. The van der Waals surface area contributed by atoms with Crippen LogP contribution in [0.3, 0.4) is 0 Å². The fraction of sp³-hybridized carbons (Fsp3) is 0.955. The summed E-state index contributed by atoms with van der Waals surface area (Å²) in [5, 5.41) is 14.4. The van der Waals surface area contributed by atoms with Crippen LogP contribution in [0.4, 0.5) is 0 Å². The van der Waals surface area contributed by atoms with Gasteiger partial charge in [-0.25, -0.2) is 0 Å². The molecule has 0 aromatic heterocycles. The fourth-order valence-corrected chi connectivity index (χ4v) is 5.79. The van der Waals surface area contributed by atoms with Gasteiger partial charge in [-0.05, 0) is 94.9 Å². The molecule has 2 fully saturated rings. The van der Waals surface area contributed by atoms with Crippen LogP contribution in [0, 0.1) is 0 Å². The van der Waals surface area contributed by atoms with Crippen molar-refractivity contribution in [1.29, 1.82) is 0 Å². The molecule has 27 heavy (non-hydrogen) atoms. The molecule has 1 amide bonds. The van der Waals surface area contributed by atoms with Gasteiger partial charge in [0.15, 0.2) is 0 Å². The molecule has 0 radical (unpaired) electrons. The number of rotatable bonds is 4. The van der Waals surface area contributed by atoms with E-state index in [0.29, 0.717) is 6.04 Å². The number of hydrogen-bond donors (Lipinski definition) is 4. The van der Waals surface area contributed by atoms with Crippen molar-refractivity contribution in [3.05, 3.63) is 0 Å². The third-order valence-electron chi connectivity index (χ3n) is 5.85. The van der Waals surface area contributed by atoms with E-state index in [2.05, 4.69) is 76.7 Å². The summed E-state index contributed by atoms with van der Waals surface area (Å²) in [6.07, 6.45) is 3.93. The number of piperidine rings is 2. The average molecular weight is 381 g/mol. The van der Waals surface area contributed by atoms with Crippen molar-refractivity contribution in [2.24, 2.45) is 0 Å². The van der Waals surface area contributed by atoms with E-state index in [4.69, 9.17) is 0 Å². The molecule has 0 aliphatic carbocycles. The van der Waals surface area contributed by atoms with Gasteiger partial charge in [0.25, 0.3) is 0 Å². The lowest BCUT2D eigenvalue weighted by Crippen LogP contribution is -2.67. The maximum absolute atomic E-state index is 13.1. The van der Waals surface area contributed by atoms with Gasteiger partial charge in [-0.1, -0.05) is 0 Å². The molecular formula is C22H44N4O. The van der Waals surface area contributed by atoms with E-state index in [0.717, 1.165) is 25.7 Å². The Hall–Kier alpha value is -0.650. The highest BCUT2D eigenvalue weighted by Gasteiger charge is 2.43. The smallest absolute Gasteiger partial charge is 0.239 e. The van der Waals surface area contributed by atoms with E-state index < -0.39 is 5.54 Å². The first-order chi connectivity index (χ1) is 11.9. The van der Waals surface area contributed by atoms with Crippen molar-refractivity contribution in [3.63, 3.8) is 0 Å². The van der Waals surface area contributed by atoms with Crippen molar-refractivity contribution in [2.75, 3.05) is 0 Å². The maximum atomic E-state index is 13.1. The number of carbonyl (C=O) groups excluding carboxylic acids is 1. The van der Waals surface area contributed by atoms with E-state index >= 15 is 0 Å². The van der Waals surface area contributed by atoms with Crippen LogP contribution in [0.2, 0.25) is 0 Å². The van der Waals surface area contributed by atoms with Gasteiger partial charge >= 0.3 is 0 Å². The summed E-state index contributed by atoms with van der Waals surface area (Å²) in [7, 11) is 0. The molecule has 0 bridgehead atoms. The third-order valence-corrected chi connectivity index (χ3v) is 5.85. The fourth-order valence-electron chi connectivity index (χ4n) is 5.79. The zero-order chi connectivity index (χ0) is 20.9. The molecule has 5 nitrogen and oxygen atoms in total. The minimum atomic E-state index is -0.590. The van der Waals surface area contributed by atoms with Crippen LogP contribution >= 0.6 is 0 Å². The van der Waals surface area contributed by atoms with Crippen LogP contribution in [-0.2, 0) is 4.79 Å². The lowest BCUT2D eigenvalue weighted by molar-refractivity contribution is -0.128. The van der Waals surface area contributed by atoms with E-state index in [1.54, 1.807) is 0 Å². The van der Waals surface area contributed by atoms with Gasteiger partial charge in [0.05, 0.1) is 5.54 Å². The van der Waals surface area contributed by atoms with Gasteiger partial charge < -0.3 is 21.3 Å². The summed E-state index contributed by atoms with van der Waals surface area (Å²) in [6.45, 7) is 21.9. The van der Waals surface area contributed by atoms with Crippen LogP contribution in [0.5, 0.6) is 0 Å². The number of carbonyl (C=O) groups is 1. The minimum absolute atomic E-state index is 0.0281. The summed E-state index contributed by atoms with van der Waals surface area (Å²) < 4.78 is 0. The normalized spacial score (nSPS) is 27.9. The van der Waals surface area contributed by atoms with Crippen molar-refractivity contribution >= 4 is 5.91 Å². The second-order valence-corrected chi connectivity index (χ2v) is 12.2. The first kappa shape index (κ1) is 22.6. The Labute approximate surface area is 167 Å². The summed E-state index contributed by atoms with van der Waals surface area (Å²) in [5.41, 5.74) is -0.405. The maximum Gasteiger partial charge on any atom is 0.239 e. The zero-order valence-electron chi connectivity index (χ0n) is 19.4. The molecule has 0 unspecified atom stereocenters. The largest absolute Gasteiger partial charge is 0.352 e. The van der Waals surface area contributed by atoms with Gasteiger partial charge in [-0.15, -0.1) is 0 Å². The topological polar surface area (TPSA) is 65.2 Å². The number of amides is 1. The summed E-state index contributed by atoms with van der Waals surface area (Å²) in [6, 6.07) is 0.517. The molecule has 0 spiro atoms. The molecule has 2 rings (SSSR count). The second-order valence-electron chi connectivity index (χ2n) is 12.2. The Morgan fingerprint density at radius 2 is 1.07 bits per heavy atom. The Morgan fingerprint density at radius 1 is 0.741 bits per heavy atom. The van der Waals surface area contributed by atoms with Gasteiger partial charge in [-0.3, -0.25) is 4.79 Å². The molecule has 0 atom stereocenters. The van der Waals surface area contributed by atoms with E-state index in [1.165, 1.54) is 0 Å². The molecule has 5 heteroatoms. The summed E-state index contributed by atoms with van der Waals surface area (Å²) in [4.78, 5) is 13.1. The Bertz CT molecular complexity index is 531. The van der Waals surface area contributed by atoms with Crippen LogP contribution in [-0.4, -0.2) is 45.7 Å². The Balaban J connectivity index is 2.02. The van der Waals surface area contributed by atoms with E-state index in [-0.39, 0.29) is 34.1 Å². The van der Waals surface area contributed by atoms with Gasteiger partial charge in [0, 0.05) is 34.2 Å². The molecule has 4 N–H and O–H groups in total. The number of hydrogen-bond acceptors (Lipinski definition) is 4. The first-order valence-corrected chi connectivity index (χ1v) is 10.6. The standard InChI is InChI=1S/C22H44N4O/c1-18(2)11-15(12-19(3,4)25-18)23-17(27)22(9,10)24-16-13-20(5,6)26-21(7,8)14-16/h15-16,24-26H,11-14H2,1-10H3,(H,23,27). The molecule has 0 aromatic carbocycles. The van der Waals surface area contributed by atoms with Crippen LogP contribution < -0.4 is 21.3 Å². The second kappa shape index (κ2) is 7.00. The molecule has 2 saturated heterocycles. The molecule has 0 saturated carbocycles. The van der Waals surface area contributed by atoms with E-state index in [9.17, 15) is 4.79 Å². The highest BCUT2D eigenvalue weighted by molar-refractivity contribution is 5.85. The van der Waals surface area contributed by atoms with Gasteiger partial charge in [-0.2, -0.15) is 0 Å². The van der Waals surface area contributed by atoms with Crippen molar-refractivity contribution in [1.82, 2.24) is 21.3 Å². The van der Waals surface area contributed by atoms with Crippen molar-refractivity contribution in [2.45, 2.75) is 135 Å². The molecule has 158 valence electrons. The summed E-state index contributed by atoms with van der Waals surface area (Å²) >= 11 is 0. The average Bonchev–Trinajstić information content (AvgIpc) is 2.28. The highest BCUT2D eigenvalue weighted by Crippen LogP contribution is 2.31. The molecule has 0 aromatic rings. The van der Waals surface area contributed by atoms with E-state index in [1.807, 2.05) is 13.8 Å². The third kappa shape index (κ3) is 6.43. The predicted molar refractivity (Wildman–Crippen MR) is 114 cm³/mol. The monoisotopic (exact) mass is 380 g/mol. The number of nitrogens with one attached hydrogen (secondary N) is 4. The Morgan fingerprint density at radius 3 is 1.44 bits per heavy atom. The zero-order valence-corrected chi connectivity index (χ0v) is 19.4. The highest BCUT2D eigenvalue weighted by atomic mass is 16.2. The summed E-state index contributed by atoms with van der Waals surface area (Å²) in [5.74, 6) is 0.107. The lowest BCUT2D eigenvalue weighted by atomic mass is 9.78. The molecular weight excluding hydrogens is 336 g/mol. The predicted octanol–water partition coefficient (Wildman–Crippen LogP) is 3.09. The van der Waals surface area contributed by atoms with Crippen LogP contribution in [0.25, 0.3) is 0 Å². The first-order valence-electron chi connectivity index (χ1n) is 10.6. The van der Waals surface area contributed by atoms with Crippen LogP contribution in [0.1, 0.15) is 94.9 Å². The molecule has 2 aliphatic rings. The van der Waals surface area contributed by atoms with Crippen molar-refractivity contribution < 1.29 is 4.79 Å². The quantitative estimate of drug-likeness (QED) is 0.605. The lowest BCUT2D eigenvalue weighted by Gasteiger charge is -2.49. The minimum Gasteiger partial charge on any atom is -0.352 e. The SMILES string of the molecule is CC1(C)CC(NC(=O)C(C)(C)NC2CC(C)(C)NC(C)(C)C2)CC(C)(C)N1. The van der Waals surface area contributed by atoms with Crippen LogP contribution in [0.15, 0.2) is 0 Å².